The van der Waals surface area contributed by atoms with Crippen LogP contribution in [0.3, 0.4) is 0 Å². The number of hydrogen-bond acceptors (Lipinski definition) is 2. The van der Waals surface area contributed by atoms with E-state index in [2.05, 4.69) is 17.4 Å². The lowest BCUT2D eigenvalue weighted by atomic mass is 10.1. The van der Waals surface area contributed by atoms with Crippen molar-refractivity contribution in [3.05, 3.63) is 64.7 Å². The fourth-order valence-electron chi connectivity index (χ4n) is 2.10. The van der Waals surface area contributed by atoms with Gasteiger partial charge in [-0.15, -0.1) is 0 Å². The van der Waals surface area contributed by atoms with E-state index in [1.54, 1.807) is 12.1 Å². The Hall–Kier alpha value is -2.00. The maximum absolute atomic E-state index is 11.2. The minimum Gasteiger partial charge on any atom is -0.478 e. The van der Waals surface area contributed by atoms with Gasteiger partial charge in [0, 0.05) is 16.8 Å². The number of nitrogens with one attached hydrogen (secondary N) is 1. The molecule has 0 aliphatic carbocycles. The molecule has 2 aromatic carbocycles. The van der Waals surface area contributed by atoms with Gasteiger partial charge < -0.3 is 10.4 Å². The van der Waals surface area contributed by atoms with Crippen LogP contribution in [0.25, 0.3) is 0 Å². The molecule has 0 aliphatic heterocycles. The molecule has 0 fully saturated rings. The summed E-state index contributed by atoms with van der Waals surface area (Å²) in [4.78, 5) is 11.2. The Morgan fingerprint density at radius 1 is 1.25 bits per heavy atom. The Morgan fingerprint density at radius 3 is 2.60 bits per heavy atom. The fourth-order valence-corrected chi connectivity index (χ4v) is 2.28. The Kier molecular flexibility index (Phi) is 4.64. The SMILES string of the molecule is CC(Cc1ccccc1)Nc1ccc(Cl)cc1C(=O)O. The van der Waals surface area contributed by atoms with Crippen LogP contribution in [0.2, 0.25) is 5.02 Å². The first-order valence-electron chi connectivity index (χ1n) is 6.39. The number of carboxylic acid groups (broad SMARTS) is 1. The number of halogens is 1. The van der Waals surface area contributed by atoms with Crippen molar-refractivity contribution in [1.82, 2.24) is 0 Å². The summed E-state index contributed by atoms with van der Waals surface area (Å²) in [5.41, 5.74) is 1.99. The summed E-state index contributed by atoms with van der Waals surface area (Å²) in [6.07, 6.45) is 0.822. The lowest BCUT2D eigenvalue weighted by molar-refractivity contribution is 0.0698. The molecule has 0 heterocycles. The second-order valence-corrected chi connectivity index (χ2v) is 5.17. The predicted octanol–water partition coefficient (Wildman–Crippen LogP) is 4.08. The minimum atomic E-state index is -0.984. The van der Waals surface area contributed by atoms with Crippen molar-refractivity contribution in [1.29, 1.82) is 0 Å². The molecule has 0 aliphatic rings. The van der Waals surface area contributed by atoms with Crippen molar-refractivity contribution < 1.29 is 9.90 Å². The van der Waals surface area contributed by atoms with E-state index in [1.807, 2.05) is 25.1 Å². The van der Waals surface area contributed by atoms with Crippen molar-refractivity contribution in [2.75, 3.05) is 5.32 Å². The van der Waals surface area contributed by atoms with E-state index in [0.717, 1.165) is 6.42 Å². The highest BCUT2D eigenvalue weighted by Gasteiger charge is 2.12. The second kappa shape index (κ2) is 6.44. The molecule has 1 atom stereocenters. The van der Waals surface area contributed by atoms with E-state index in [4.69, 9.17) is 11.6 Å². The molecule has 0 spiro atoms. The van der Waals surface area contributed by atoms with Gasteiger partial charge in [-0.3, -0.25) is 0 Å². The van der Waals surface area contributed by atoms with Gasteiger partial charge >= 0.3 is 5.97 Å². The number of anilines is 1. The van der Waals surface area contributed by atoms with Gasteiger partial charge in [0.25, 0.3) is 0 Å². The van der Waals surface area contributed by atoms with E-state index in [1.165, 1.54) is 11.6 Å². The quantitative estimate of drug-likeness (QED) is 0.872. The first-order chi connectivity index (χ1) is 9.56. The molecule has 0 amide bonds. The van der Waals surface area contributed by atoms with Crippen LogP contribution in [0.15, 0.2) is 48.5 Å². The summed E-state index contributed by atoms with van der Waals surface area (Å²) >= 11 is 5.84. The van der Waals surface area contributed by atoms with Gasteiger partial charge in [0.2, 0.25) is 0 Å². The summed E-state index contributed by atoms with van der Waals surface area (Å²) in [6.45, 7) is 2.02. The molecule has 2 aromatic rings. The van der Waals surface area contributed by atoms with Gasteiger partial charge in [-0.1, -0.05) is 41.9 Å². The lowest BCUT2D eigenvalue weighted by Gasteiger charge is -2.17. The van der Waals surface area contributed by atoms with Crippen molar-refractivity contribution in [2.45, 2.75) is 19.4 Å². The highest BCUT2D eigenvalue weighted by atomic mass is 35.5. The number of carbonyl (C=O) groups is 1. The molecular formula is C16H16ClNO2. The molecule has 3 nitrogen and oxygen atoms in total. The maximum atomic E-state index is 11.2. The zero-order valence-electron chi connectivity index (χ0n) is 11.1. The standard InChI is InChI=1S/C16H16ClNO2/c1-11(9-12-5-3-2-4-6-12)18-15-8-7-13(17)10-14(15)16(19)20/h2-8,10-11,18H,9H2,1H3,(H,19,20). The number of aromatic carboxylic acids is 1. The molecule has 2 rings (SSSR count). The summed E-state index contributed by atoms with van der Waals surface area (Å²) in [5, 5.41) is 12.8. The average Bonchev–Trinajstić information content (AvgIpc) is 2.41. The monoisotopic (exact) mass is 289 g/mol. The van der Waals surface area contributed by atoms with Crippen LogP contribution in [0, 0.1) is 0 Å². The van der Waals surface area contributed by atoms with Gasteiger partial charge in [0.1, 0.15) is 0 Å². The minimum absolute atomic E-state index is 0.122. The number of carboxylic acids is 1. The molecule has 0 saturated carbocycles. The molecule has 2 N–H and O–H groups in total. The molecule has 1 unspecified atom stereocenters. The number of rotatable bonds is 5. The van der Waals surface area contributed by atoms with E-state index in [9.17, 15) is 9.90 Å². The Balaban J connectivity index is 2.11. The van der Waals surface area contributed by atoms with Crippen LogP contribution in [-0.2, 0) is 6.42 Å². The van der Waals surface area contributed by atoms with E-state index in [0.29, 0.717) is 10.7 Å². The summed E-state index contributed by atoms with van der Waals surface area (Å²) in [7, 11) is 0. The topological polar surface area (TPSA) is 49.3 Å². The smallest absolute Gasteiger partial charge is 0.337 e. The molecule has 20 heavy (non-hydrogen) atoms. The van der Waals surface area contributed by atoms with Crippen LogP contribution >= 0.6 is 11.6 Å². The molecule has 0 aromatic heterocycles. The first kappa shape index (κ1) is 14.4. The third kappa shape index (κ3) is 3.75. The molecule has 0 bridgehead atoms. The third-order valence-corrected chi connectivity index (χ3v) is 3.23. The van der Waals surface area contributed by atoms with E-state index >= 15 is 0 Å². The Bertz CT molecular complexity index is 599. The zero-order chi connectivity index (χ0) is 14.5. The van der Waals surface area contributed by atoms with Gasteiger partial charge in [-0.25, -0.2) is 4.79 Å². The van der Waals surface area contributed by atoms with Crippen LogP contribution < -0.4 is 5.32 Å². The van der Waals surface area contributed by atoms with Crippen molar-refractivity contribution >= 4 is 23.3 Å². The van der Waals surface area contributed by atoms with Crippen LogP contribution in [0.5, 0.6) is 0 Å². The summed E-state index contributed by atoms with van der Waals surface area (Å²) in [5.74, 6) is -0.984. The van der Waals surface area contributed by atoms with Gasteiger partial charge in [0.15, 0.2) is 0 Å². The Morgan fingerprint density at radius 2 is 1.95 bits per heavy atom. The number of benzene rings is 2. The van der Waals surface area contributed by atoms with Crippen LogP contribution in [0.4, 0.5) is 5.69 Å². The maximum Gasteiger partial charge on any atom is 0.337 e. The molecule has 0 saturated heterocycles. The largest absolute Gasteiger partial charge is 0.478 e. The van der Waals surface area contributed by atoms with Gasteiger partial charge in [0.05, 0.1) is 5.56 Å². The average molecular weight is 290 g/mol. The normalized spacial score (nSPS) is 11.9. The highest BCUT2D eigenvalue weighted by Crippen LogP contribution is 2.22. The zero-order valence-corrected chi connectivity index (χ0v) is 11.9. The van der Waals surface area contributed by atoms with Crippen LogP contribution in [0.1, 0.15) is 22.8 Å². The van der Waals surface area contributed by atoms with Crippen molar-refractivity contribution in [2.24, 2.45) is 0 Å². The lowest BCUT2D eigenvalue weighted by Crippen LogP contribution is -2.19. The Labute approximate surface area is 123 Å². The highest BCUT2D eigenvalue weighted by molar-refractivity contribution is 6.31. The summed E-state index contributed by atoms with van der Waals surface area (Å²) in [6, 6.07) is 15.0. The van der Waals surface area contributed by atoms with Crippen LogP contribution in [-0.4, -0.2) is 17.1 Å². The van der Waals surface area contributed by atoms with E-state index < -0.39 is 5.97 Å². The third-order valence-electron chi connectivity index (χ3n) is 3.00. The molecule has 4 heteroatoms. The van der Waals surface area contributed by atoms with Gasteiger partial charge in [-0.05, 0) is 37.1 Å². The van der Waals surface area contributed by atoms with E-state index in [-0.39, 0.29) is 11.6 Å². The fraction of sp³-hybridized carbons (Fsp3) is 0.188. The number of hydrogen-bond donors (Lipinski definition) is 2. The van der Waals surface area contributed by atoms with Crippen molar-refractivity contribution in [3.8, 4) is 0 Å². The van der Waals surface area contributed by atoms with Gasteiger partial charge in [-0.2, -0.15) is 0 Å². The predicted molar refractivity (Wildman–Crippen MR) is 81.6 cm³/mol. The van der Waals surface area contributed by atoms with Crippen molar-refractivity contribution in [3.63, 3.8) is 0 Å². The first-order valence-corrected chi connectivity index (χ1v) is 6.77. The second-order valence-electron chi connectivity index (χ2n) is 4.73. The molecule has 104 valence electrons. The molecular weight excluding hydrogens is 274 g/mol. The molecule has 0 radical (unpaired) electrons. The summed E-state index contributed by atoms with van der Waals surface area (Å²) < 4.78 is 0.